The fourth-order valence-corrected chi connectivity index (χ4v) is 3.75. The molecule has 0 aromatic heterocycles. The second-order valence-electron chi connectivity index (χ2n) is 6.45. The van der Waals surface area contributed by atoms with E-state index in [-0.39, 0.29) is 0 Å². The molecule has 0 N–H and O–H groups in total. The Morgan fingerprint density at radius 3 is 2.35 bits per heavy atom. The second kappa shape index (κ2) is 6.53. The summed E-state index contributed by atoms with van der Waals surface area (Å²) in [5.41, 5.74) is 0.397. The third kappa shape index (κ3) is 4.53. The van der Waals surface area contributed by atoms with Crippen molar-refractivity contribution in [2.45, 2.75) is 40.7 Å². The number of piperazine rings is 1. The molecule has 1 aliphatic heterocycles. The summed E-state index contributed by atoms with van der Waals surface area (Å²) in [6.07, 6.45) is 0. The van der Waals surface area contributed by atoms with Gasteiger partial charge in [0.2, 0.25) is 0 Å². The van der Waals surface area contributed by atoms with Gasteiger partial charge in [0.05, 0.1) is 0 Å². The molecule has 102 valence electrons. The van der Waals surface area contributed by atoms with Crippen molar-refractivity contribution in [3.05, 3.63) is 0 Å². The summed E-state index contributed by atoms with van der Waals surface area (Å²) in [6, 6.07) is 0.713. The zero-order valence-corrected chi connectivity index (χ0v) is 13.8. The molecule has 0 aromatic carbocycles. The van der Waals surface area contributed by atoms with E-state index in [4.69, 9.17) is 0 Å². The number of hydrogen-bond acceptors (Lipinski definition) is 2. The summed E-state index contributed by atoms with van der Waals surface area (Å²) < 4.78 is 0. The third-order valence-electron chi connectivity index (χ3n) is 4.14. The number of likely N-dealkylation sites (N-methyl/N-ethyl adjacent to an activating group) is 1. The van der Waals surface area contributed by atoms with Gasteiger partial charge in [-0.25, -0.2) is 0 Å². The van der Waals surface area contributed by atoms with Crippen LogP contribution in [-0.4, -0.2) is 53.9 Å². The Bertz CT molecular complexity index is 225. The van der Waals surface area contributed by atoms with Crippen molar-refractivity contribution in [3.8, 4) is 0 Å². The van der Waals surface area contributed by atoms with Gasteiger partial charge in [0.15, 0.2) is 0 Å². The maximum absolute atomic E-state index is 3.68. The molecule has 0 amide bonds. The average molecular weight is 305 g/mol. The van der Waals surface area contributed by atoms with E-state index in [1.54, 1.807) is 0 Å². The van der Waals surface area contributed by atoms with Crippen LogP contribution in [0.25, 0.3) is 0 Å². The maximum Gasteiger partial charge on any atom is 0.0195 e. The summed E-state index contributed by atoms with van der Waals surface area (Å²) in [7, 11) is 0. The van der Waals surface area contributed by atoms with E-state index in [9.17, 15) is 0 Å². The standard InChI is InChI=1S/C14H29BrN2/c1-6-17-8-7-16(10-12(17)2)11-13(9-15)14(3,4)5/h12-13H,6-11H2,1-5H3. The molecule has 0 saturated carbocycles. The minimum Gasteiger partial charge on any atom is -0.300 e. The largest absolute Gasteiger partial charge is 0.300 e. The molecule has 2 atom stereocenters. The normalized spacial score (nSPS) is 26.1. The van der Waals surface area contributed by atoms with E-state index in [1.165, 1.54) is 32.7 Å². The monoisotopic (exact) mass is 304 g/mol. The molecular formula is C14H29BrN2. The van der Waals surface area contributed by atoms with Crippen LogP contribution in [0.1, 0.15) is 34.6 Å². The number of halogens is 1. The first kappa shape index (κ1) is 15.5. The Balaban J connectivity index is 2.48. The Morgan fingerprint density at radius 2 is 1.94 bits per heavy atom. The van der Waals surface area contributed by atoms with Crippen molar-refractivity contribution in [3.63, 3.8) is 0 Å². The number of hydrogen-bond donors (Lipinski definition) is 0. The topological polar surface area (TPSA) is 6.48 Å². The van der Waals surface area contributed by atoms with Gasteiger partial charge in [-0.05, 0) is 24.8 Å². The van der Waals surface area contributed by atoms with Gasteiger partial charge >= 0.3 is 0 Å². The van der Waals surface area contributed by atoms with Crippen LogP contribution < -0.4 is 0 Å². The van der Waals surface area contributed by atoms with Gasteiger partial charge in [-0.2, -0.15) is 0 Å². The molecule has 2 nitrogen and oxygen atoms in total. The molecule has 1 saturated heterocycles. The maximum atomic E-state index is 3.68. The summed E-state index contributed by atoms with van der Waals surface area (Å²) in [6.45, 7) is 17.8. The smallest absolute Gasteiger partial charge is 0.0195 e. The van der Waals surface area contributed by atoms with Crippen LogP contribution in [0.15, 0.2) is 0 Å². The Hall–Kier alpha value is 0.400. The van der Waals surface area contributed by atoms with Gasteiger partial charge in [0.25, 0.3) is 0 Å². The third-order valence-corrected chi connectivity index (χ3v) is 4.93. The van der Waals surface area contributed by atoms with Gasteiger partial charge in [0, 0.05) is 37.6 Å². The van der Waals surface area contributed by atoms with Crippen LogP contribution in [0.5, 0.6) is 0 Å². The molecule has 0 aromatic rings. The van der Waals surface area contributed by atoms with E-state index in [2.05, 4.69) is 60.3 Å². The molecule has 1 heterocycles. The fraction of sp³-hybridized carbons (Fsp3) is 1.00. The Morgan fingerprint density at radius 1 is 1.29 bits per heavy atom. The van der Waals surface area contributed by atoms with Crippen LogP contribution in [0.4, 0.5) is 0 Å². The van der Waals surface area contributed by atoms with Gasteiger partial charge < -0.3 is 4.90 Å². The lowest BCUT2D eigenvalue weighted by molar-refractivity contribution is 0.0642. The fourth-order valence-electron chi connectivity index (χ4n) is 2.57. The van der Waals surface area contributed by atoms with Gasteiger partial charge in [-0.1, -0.05) is 43.6 Å². The van der Waals surface area contributed by atoms with Gasteiger partial charge in [0.1, 0.15) is 0 Å². The van der Waals surface area contributed by atoms with Crippen molar-refractivity contribution < 1.29 is 0 Å². The molecule has 1 fully saturated rings. The molecule has 0 spiro atoms. The van der Waals surface area contributed by atoms with Crippen molar-refractivity contribution >= 4 is 15.9 Å². The first-order chi connectivity index (χ1) is 7.88. The van der Waals surface area contributed by atoms with E-state index in [1.807, 2.05) is 0 Å². The van der Waals surface area contributed by atoms with Gasteiger partial charge in [-0.3, -0.25) is 4.90 Å². The van der Waals surface area contributed by atoms with Crippen LogP contribution in [0, 0.1) is 11.3 Å². The summed E-state index contributed by atoms with van der Waals surface area (Å²) >= 11 is 3.68. The number of nitrogens with zero attached hydrogens (tertiary/aromatic N) is 2. The van der Waals surface area contributed by atoms with Gasteiger partial charge in [-0.15, -0.1) is 0 Å². The van der Waals surface area contributed by atoms with Crippen LogP contribution in [0.3, 0.4) is 0 Å². The second-order valence-corrected chi connectivity index (χ2v) is 7.10. The highest BCUT2D eigenvalue weighted by atomic mass is 79.9. The zero-order chi connectivity index (χ0) is 13.1. The van der Waals surface area contributed by atoms with Crippen molar-refractivity contribution in [2.75, 3.05) is 38.1 Å². The van der Waals surface area contributed by atoms with E-state index < -0.39 is 0 Å². The predicted molar refractivity (Wildman–Crippen MR) is 79.9 cm³/mol. The highest BCUT2D eigenvalue weighted by Gasteiger charge is 2.29. The molecule has 0 aliphatic carbocycles. The lowest BCUT2D eigenvalue weighted by Gasteiger charge is -2.42. The molecule has 2 unspecified atom stereocenters. The summed E-state index contributed by atoms with van der Waals surface area (Å²) in [5, 5.41) is 1.11. The minimum absolute atomic E-state index is 0.397. The zero-order valence-electron chi connectivity index (χ0n) is 12.2. The Labute approximate surface area is 116 Å². The van der Waals surface area contributed by atoms with Crippen LogP contribution in [-0.2, 0) is 0 Å². The SMILES string of the molecule is CCN1CCN(CC(CBr)C(C)(C)C)CC1C. The molecule has 3 heteroatoms. The van der Waals surface area contributed by atoms with Crippen LogP contribution in [0.2, 0.25) is 0 Å². The van der Waals surface area contributed by atoms with E-state index >= 15 is 0 Å². The molecule has 1 aliphatic rings. The van der Waals surface area contributed by atoms with E-state index in [0.29, 0.717) is 11.5 Å². The number of alkyl halides is 1. The molecule has 1 rings (SSSR count). The summed E-state index contributed by atoms with van der Waals surface area (Å²) in [5.74, 6) is 0.739. The highest BCUT2D eigenvalue weighted by molar-refractivity contribution is 9.09. The Kier molecular flexibility index (Phi) is 5.94. The molecule has 0 radical (unpaired) electrons. The first-order valence-corrected chi connectivity index (χ1v) is 8.03. The van der Waals surface area contributed by atoms with E-state index in [0.717, 1.165) is 11.2 Å². The van der Waals surface area contributed by atoms with Crippen molar-refractivity contribution in [1.82, 2.24) is 9.80 Å². The molecule has 17 heavy (non-hydrogen) atoms. The van der Waals surface area contributed by atoms with Crippen molar-refractivity contribution in [2.24, 2.45) is 11.3 Å². The number of rotatable bonds is 4. The van der Waals surface area contributed by atoms with Crippen molar-refractivity contribution in [1.29, 1.82) is 0 Å². The highest BCUT2D eigenvalue weighted by Crippen LogP contribution is 2.28. The molecule has 0 bridgehead atoms. The summed E-state index contributed by atoms with van der Waals surface area (Å²) in [4.78, 5) is 5.23. The average Bonchev–Trinajstić information content (AvgIpc) is 2.24. The lowest BCUT2D eigenvalue weighted by Crippen LogP contribution is -2.53. The first-order valence-electron chi connectivity index (χ1n) is 6.90. The lowest BCUT2D eigenvalue weighted by atomic mass is 9.81. The van der Waals surface area contributed by atoms with Crippen LogP contribution >= 0.6 is 15.9 Å². The minimum atomic E-state index is 0.397. The molecular weight excluding hydrogens is 276 g/mol. The predicted octanol–water partition coefficient (Wildman–Crippen LogP) is 3.07. The quantitative estimate of drug-likeness (QED) is 0.737.